The van der Waals surface area contributed by atoms with E-state index in [-0.39, 0.29) is 17.2 Å². The van der Waals surface area contributed by atoms with Crippen LogP contribution in [0.4, 0.5) is 4.39 Å². The van der Waals surface area contributed by atoms with Crippen LogP contribution in [0.5, 0.6) is 5.75 Å². The molecule has 4 heteroatoms. The number of esters is 1. The van der Waals surface area contributed by atoms with Gasteiger partial charge in [0.15, 0.2) is 0 Å². The Bertz CT molecular complexity index is 362. The number of hydrogen-bond donors (Lipinski definition) is 0. The van der Waals surface area contributed by atoms with Crippen molar-refractivity contribution < 1.29 is 13.9 Å². The lowest BCUT2D eigenvalue weighted by Gasteiger charge is -1.98. The molecule has 0 N–H and O–H groups in total. The third-order valence-corrected chi connectivity index (χ3v) is 1.88. The van der Waals surface area contributed by atoms with E-state index >= 15 is 0 Å². The van der Waals surface area contributed by atoms with E-state index in [0.717, 1.165) is 0 Å². The highest BCUT2D eigenvalue weighted by atomic mass is 35.5. The summed E-state index contributed by atoms with van der Waals surface area (Å²) in [5, 5.41) is 0.237. The summed E-state index contributed by atoms with van der Waals surface area (Å²) in [6, 6.07) is 2.60. The first kappa shape index (κ1) is 7.55. The predicted molar refractivity (Wildman–Crippen MR) is 40.7 cm³/mol. The molecule has 0 amide bonds. The average Bonchev–Trinajstić information content (AvgIpc) is 2.29. The van der Waals surface area contributed by atoms with E-state index in [1.807, 2.05) is 0 Å². The Balaban J connectivity index is 2.59. The van der Waals surface area contributed by atoms with Crippen molar-refractivity contribution in [1.29, 1.82) is 0 Å². The molecule has 1 heterocycles. The van der Waals surface area contributed by atoms with E-state index in [2.05, 4.69) is 0 Å². The van der Waals surface area contributed by atoms with E-state index in [0.29, 0.717) is 5.56 Å². The summed E-state index contributed by atoms with van der Waals surface area (Å²) in [6.45, 7) is 0. The molecule has 1 aliphatic heterocycles. The number of rotatable bonds is 0. The second-order valence-corrected chi connectivity index (χ2v) is 2.95. The number of ether oxygens (including phenoxy) is 1. The van der Waals surface area contributed by atoms with Crippen molar-refractivity contribution in [2.24, 2.45) is 0 Å². The summed E-state index contributed by atoms with van der Waals surface area (Å²) in [6.07, 6.45) is -0.00165. The van der Waals surface area contributed by atoms with Gasteiger partial charge < -0.3 is 4.74 Å². The number of carbonyl (C=O) groups is 1. The molecule has 0 saturated carbocycles. The number of carbonyl (C=O) groups excluding carboxylic acids is 1. The van der Waals surface area contributed by atoms with E-state index in [1.165, 1.54) is 12.1 Å². The van der Waals surface area contributed by atoms with Gasteiger partial charge >= 0.3 is 5.97 Å². The fraction of sp³-hybridized carbons (Fsp3) is 0.125. The molecule has 0 atom stereocenters. The van der Waals surface area contributed by atoms with Crippen LogP contribution in [0.2, 0.25) is 5.02 Å². The van der Waals surface area contributed by atoms with E-state index < -0.39 is 11.8 Å². The van der Waals surface area contributed by atoms with Crippen molar-refractivity contribution in [3.05, 3.63) is 28.5 Å². The Morgan fingerprint density at radius 3 is 3.00 bits per heavy atom. The molecule has 0 bridgehead atoms. The second-order valence-electron chi connectivity index (χ2n) is 2.52. The van der Waals surface area contributed by atoms with Gasteiger partial charge in [0, 0.05) is 16.7 Å². The lowest BCUT2D eigenvalue weighted by Crippen LogP contribution is -2.00. The van der Waals surface area contributed by atoms with Crippen molar-refractivity contribution in [3.8, 4) is 5.75 Å². The van der Waals surface area contributed by atoms with Gasteiger partial charge in [-0.3, -0.25) is 4.79 Å². The first-order chi connectivity index (χ1) is 5.66. The van der Waals surface area contributed by atoms with Crippen LogP contribution in [0.15, 0.2) is 12.1 Å². The summed E-state index contributed by atoms with van der Waals surface area (Å²) < 4.78 is 17.7. The van der Waals surface area contributed by atoms with Gasteiger partial charge in [0.1, 0.15) is 11.6 Å². The summed E-state index contributed by atoms with van der Waals surface area (Å²) in [5.74, 6) is -0.681. The largest absolute Gasteiger partial charge is 0.426 e. The maximum absolute atomic E-state index is 13.0. The molecule has 0 aromatic heterocycles. The Morgan fingerprint density at radius 2 is 2.25 bits per heavy atom. The van der Waals surface area contributed by atoms with E-state index in [9.17, 15) is 9.18 Å². The van der Waals surface area contributed by atoms with Gasteiger partial charge in [0.2, 0.25) is 0 Å². The Morgan fingerprint density at radius 1 is 1.50 bits per heavy atom. The highest BCUT2D eigenvalue weighted by Crippen LogP contribution is 2.31. The summed E-state index contributed by atoms with van der Waals surface area (Å²) in [7, 11) is 0. The summed E-state index contributed by atoms with van der Waals surface area (Å²) in [4.78, 5) is 10.7. The zero-order valence-electron chi connectivity index (χ0n) is 5.93. The maximum Gasteiger partial charge on any atom is 0.315 e. The fourth-order valence-electron chi connectivity index (χ4n) is 1.15. The summed E-state index contributed by atoms with van der Waals surface area (Å²) >= 11 is 5.55. The highest BCUT2D eigenvalue weighted by Gasteiger charge is 2.24. The quantitative estimate of drug-likeness (QED) is 0.457. The first-order valence-corrected chi connectivity index (χ1v) is 3.73. The second kappa shape index (κ2) is 2.45. The number of hydrogen-bond acceptors (Lipinski definition) is 2. The standard InChI is InChI=1S/C8H4ClFO2/c9-4-1-6(10)5-3-8(11)12-7(5)2-4/h1-2H,3H2. The van der Waals surface area contributed by atoms with Gasteiger partial charge in [-0.1, -0.05) is 11.6 Å². The smallest absolute Gasteiger partial charge is 0.315 e. The molecule has 0 unspecified atom stereocenters. The van der Waals surface area contributed by atoms with Crippen LogP contribution in [0, 0.1) is 5.82 Å². The molecule has 1 aromatic rings. The van der Waals surface area contributed by atoms with Crippen LogP contribution in [0.1, 0.15) is 5.56 Å². The van der Waals surface area contributed by atoms with Crippen molar-refractivity contribution in [2.75, 3.05) is 0 Å². The predicted octanol–water partition coefficient (Wildman–Crippen LogP) is 1.94. The van der Waals surface area contributed by atoms with Gasteiger partial charge in [0.05, 0.1) is 6.42 Å². The van der Waals surface area contributed by atoms with Crippen LogP contribution in [-0.2, 0) is 11.2 Å². The van der Waals surface area contributed by atoms with Crippen LogP contribution < -0.4 is 4.74 Å². The number of benzene rings is 1. The molecular formula is C8H4ClFO2. The molecule has 0 radical (unpaired) electrons. The minimum Gasteiger partial charge on any atom is -0.426 e. The minimum atomic E-state index is -0.483. The van der Waals surface area contributed by atoms with E-state index in [4.69, 9.17) is 16.3 Å². The lowest BCUT2D eigenvalue weighted by atomic mass is 10.1. The third kappa shape index (κ3) is 1.06. The zero-order chi connectivity index (χ0) is 8.72. The number of fused-ring (bicyclic) bond motifs is 1. The van der Waals surface area contributed by atoms with Gasteiger partial charge in [0.25, 0.3) is 0 Å². The topological polar surface area (TPSA) is 26.3 Å². The normalized spacial score (nSPS) is 14.3. The van der Waals surface area contributed by atoms with Gasteiger partial charge in [-0.15, -0.1) is 0 Å². The van der Waals surface area contributed by atoms with E-state index in [1.54, 1.807) is 0 Å². The Hall–Kier alpha value is -1.09. The van der Waals surface area contributed by atoms with Gasteiger partial charge in [-0.05, 0) is 6.07 Å². The Labute approximate surface area is 72.9 Å². The molecule has 2 nitrogen and oxygen atoms in total. The van der Waals surface area contributed by atoms with Gasteiger partial charge in [-0.25, -0.2) is 4.39 Å². The average molecular weight is 187 g/mol. The third-order valence-electron chi connectivity index (χ3n) is 1.66. The van der Waals surface area contributed by atoms with Crippen LogP contribution >= 0.6 is 11.6 Å². The van der Waals surface area contributed by atoms with Crippen LogP contribution in [-0.4, -0.2) is 5.97 Å². The SMILES string of the molecule is O=C1Cc2c(F)cc(Cl)cc2O1. The fourth-order valence-corrected chi connectivity index (χ4v) is 1.34. The molecule has 0 saturated heterocycles. The molecule has 0 spiro atoms. The van der Waals surface area contributed by atoms with Crippen LogP contribution in [0.3, 0.4) is 0 Å². The molecule has 0 fully saturated rings. The van der Waals surface area contributed by atoms with Crippen molar-refractivity contribution in [3.63, 3.8) is 0 Å². The van der Waals surface area contributed by atoms with Gasteiger partial charge in [-0.2, -0.15) is 0 Å². The molecule has 2 rings (SSSR count). The van der Waals surface area contributed by atoms with Crippen molar-refractivity contribution >= 4 is 17.6 Å². The molecule has 1 aliphatic rings. The molecule has 62 valence electrons. The lowest BCUT2D eigenvalue weighted by molar-refractivity contribution is -0.131. The first-order valence-electron chi connectivity index (χ1n) is 3.35. The summed E-state index contributed by atoms with van der Waals surface area (Å²) in [5.41, 5.74) is 0.296. The highest BCUT2D eigenvalue weighted by molar-refractivity contribution is 6.30. The molecule has 1 aromatic carbocycles. The van der Waals surface area contributed by atoms with Crippen molar-refractivity contribution in [1.82, 2.24) is 0 Å². The Kier molecular flexibility index (Phi) is 1.54. The molecule has 0 aliphatic carbocycles. The zero-order valence-corrected chi connectivity index (χ0v) is 6.69. The van der Waals surface area contributed by atoms with Crippen LogP contribution in [0.25, 0.3) is 0 Å². The maximum atomic E-state index is 13.0. The minimum absolute atomic E-state index is 0.00165. The monoisotopic (exact) mass is 186 g/mol. The number of halogens is 2. The molecule has 12 heavy (non-hydrogen) atoms. The van der Waals surface area contributed by atoms with Crippen molar-refractivity contribution in [2.45, 2.75) is 6.42 Å². The molecular weight excluding hydrogens is 183 g/mol.